The van der Waals surface area contributed by atoms with Crippen LogP contribution in [0.4, 0.5) is 5.95 Å². The van der Waals surface area contributed by atoms with Crippen molar-refractivity contribution in [2.24, 2.45) is 0 Å². The topological polar surface area (TPSA) is 66.1 Å². The summed E-state index contributed by atoms with van der Waals surface area (Å²) in [4.78, 5) is 6.73. The third-order valence-electron chi connectivity index (χ3n) is 3.00. The fourth-order valence-corrected chi connectivity index (χ4v) is 2.07. The number of nitrogens with one attached hydrogen (secondary N) is 2. The molecule has 102 valence electrons. The molecular formula is C12H23N5O. The second-order valence-corrected chi connectivity index (χ2v) is 4.75. The monoisotopic (exact) mass is 253 g/mol. The van der Waals surface area contributed by atoms with E-state index < -0.39 is 0 Å². The maximum atomic E-state index is 5.45. The average molecular weight is 253 g/mol. The molecule has 1 aliphatic heterocycles. The standard InChI is InChI=1S/C12H23N5O/c1-3-7-18-8-4-11-14-12(16-15-11)17-6-5-13-10(2)9-17/h10,13H,3-9H2,1-2H3,(H,14,15,16). The molecule has 1 fully saturated rings. The summed E-state index contributed by atoms with van der Waals surface area (Å²) >= 11 is 0. The van der Waals surface area contributed by atoms with Crippen LogP contribution in [0.1, 0.15) is 26.1 Å². The van der Waals surface area contributed by atoms with Crippen LogP contribution in [0.3, 0.4) is 0 Å². The lowest BCUT2D eigenvalue weighted by atomic mass is 10.2. The summed E-state index contributed by atoms with van der Waals surface area (Å²) in [5.41, 5.74) is 0. The zero-order valence-electron chi connectivity index (χ0n) is 11.3. The smallest absolute Gasteiger partial charge is 0.244 e. The summed E-state index contributed by atoms with van der Waals surface area (Å²) in [7, 11) is 0. The van der Waals surface area contributed by atoms with Gasteiger partial charge < -0.3 is 15.0 Å². The first-order valence-corrected chi connectivity index (χ1v) is 6.77. The van der Waals surface area contributed by atoms with Crippen molar-refractivity contribution in [3.05, 3.63) is 5.82 Å². The Morgan fingerprint density at radius 1 is 1.44 bits per heavy atom. The van der Waals surface area contributed by atoms with Gasteiger partial charge >= 0.3 is 0 Å². The fraction of sp³-hybridized carbons (Fsp3) is 0.833. The Bertz CT molecular complexity index is 354. The molecule has 0 saturated carbocycles. The highest BCUT2D eigenvalue weighted by Crippen LogP contribution is 2.10. The first-order valence-electron chi connectivity index (χ1n) is 6.77. The van der Waals surface area contributed by atoms with Gasteiger partial charge in [-0.1, -0.05) is 6.92 Å². The van der Waals surface area contributed by atoms with Gasteiger partial charge in [0, 0.05) is 38.7 Å². The van der Waals surface area contributed by atoms with Crippen molar-refractivity contribution in [1.29, 1.82) is 0 Å². The fourth-order valence-electron chi connectivity index (χ4n) is 2.07. The van der Waals surface area contributed by atoms with E-state index >= 15 is 0 Å². The average Bonchev–Trinajstić information content (AvgIpc) is 2.83. The van der Waals surface area contributed by atoms with Gasteiger partial charge in [0.15, 0.2) is 0 Å². The largest absolute Gasteiger partial charge is 0.381 e. The molecule has 0 bridgehead atoms. The summed E-state index contributed by atoms with van der Waals surface area (Å²) in [5, 5.41) is 10.7. The molecule has 1 aromatic rings. The molecule has 1 aromatic heterocycles. The maximum absolute atomic E-state index is 5.45. The van der Waals surface area contributed by atoms with Crippen LogP contribution < -0.4 is 10.2 Å². The molecule has 0 spiro atoms. The molecule has 1 unspecified atom stereocenters. The van der Waals surface area contributed by atoms with Gasteiger partial charge in [-0.25, -0.2) is 0 Å². The second kappa shape index (κ2) is 6.70. The molecule has 0 radical (unpaired) electrons. The minimum Gasteiger partial charge on any atom is -0.381 e. The SMILES string of the molecule is CCCOCCc1nc(N2CCNC(C)C2)n[nH]1. The molecule has 1 saturated heterocycles. The van der Waals surface area contributed by atoms with Gasteiger partial charge in [0.1, 0.15) is 5.82 Å². The third-order valence-corrected chi connectivity index (χ3v) is 3.00. The van der Waals surface area contributed by atoms with Crippen LogP contribution in [-0.4, -0.2) is 54.1 Å². The number of nitrogens with zero attached hydrogens (tertiary/aromatic N) is 3. The van der Waals surface area contributed by atoms with Gasteiger partial charge in [-0.3, -0.25) is 5.10 Å². The van der Waals surface area contributed by atoms with E-state index in [9.17, 15) is 0 Å². The highest BCUT2D eigenvalue weighted by molar-refractivity contribution is 5.30. The summed E-state index contributed by atoms with van der Waals surface area (Å²) in [6, 6.07) is 0.494. The molecule has 6 nitrogen and oxygen atoms in total. The van der Waals surface area contributed by atoms with E-state index in [2.05, 4.69) is 39.2 Å². The van der Waals surface area contributed by atoms with Crippen LogP contribution in [0.15, 0.2) is 0 Å². The van der Waals surface area contributed by atoms with Crippen molar-refractivity contribution in [3.63, 3.8) is 0 Å². The Kier molecular flexibility index (Phi) is 4.95. The van der Waals surface area contributed by atoms with Crippen molar-refractivity contribution < 1.29 is 4.74 Å². The highest BCUT2D eigenvalue weighted by Gasteiger charge is 2.19. The molecule has 0 aromatic carbocycles. The normalized spacial score (nSPS) is 20.3. The van der Waals surface area contributed by atoms with Crippen molar-refractivity contribution in [2.75, 3.05) is 37.7 Å². The van der Waals surface area contributed by atoms with Gasteiger partial charge in [-0.2, -0.15) is 4.98 Å². The van der Waals surface area contributed by atoms with E-state index in [1.165, 1.54) is 0 Å². The van der Waals surface area contributed by atoms with E-state index in [-0.39, 0.29) is 0 Å². The van der Waals surface area contributed by atoms with Crippen LogP contribution >= 0.6 is 0 Å². The lowest BCUT2D eigenvalue weighted by molar-refractivity contribution is 0.136. The van der Waals surface area contributed by atoms with E-state index in [1.54, 1.807) is 0 Å². The van der Waals surface area contributed by atoms with E-state index in [0.717, 1.165) is 50.9 Å². The second-order valence-electron chi connectivity index (χ2n) is 4.75. The third kappa shape index (κ3) is 3.68. The zero-order valence-corrected chi connectivity index (χ0v) is 11.3. The number of hydrogen-bond acceptors (Lipinski definition) is 5. The minimum atomic E-state index is 0.494. The number of aromatic amines is 1. The maximum Gasteiger partial charge on any atom is 0.244 e. The molecule has 0 aliphatic carbocycles. The van der Waals surface area contributed by atoms with Crippen LogP contribution in [-0.2, 0) is 11.2 Å². The van der Waals surface area contributed by atoms with E-state index in [0.29, 0.717) is 12.6 Å². The lowest BCUT2D eigenvalue weighted by Gasteiger charge is -2.30. The van der Waals surface area contributed by atoms with Gasteiger partial charge in [0.05, 0.1) is 6.61 Å². The molecule has 2 heterocycles. The Morgan fingerprint density at radius 3 is 3.11 bits per heavy atom. The predicted molar refractivity (Wildman–Crippen MR) is 70.9 cm³/mol. The lowest BCUT2D eigenvalue weighted by Crippen LogP contribution is -2.49. The number of hydrogen-bond donors (Lipinski definition) is 2. The van der Waals surface area contributed by atoms with Crippen molar-refractivity contribution in [2.45, 2.75) is 32.7 Å². The molecular weight excluding hydrogens is 230 g/mol. The van der Waals surface area contributed by atoms with Crippen molar-refractivity contribution in [1.82, 2.24) is 20.5 Å². The molecule has 1 aliphatic rings. The van der Waals surface area contributed by atoms with E-state index in [4.69, 9.17) is 4.74 Å². The van der Waals surface area contributed by atoms with Gasteiger partial charge in [0.2, 0.25) is 5.95 Å². The zero-order chi connectivity index (χ0) is 12.8. The summed E-state index contributed by atoms with van der Waals surface area (Å²) in [6.45, 7) is 8.73. The Morgan fingerprint density at radius 2 is 2.33 bits per heavy atom. The molecule has 0 amide bonds. The van der Waals surface area contributed by atoms with Gasteiger partial charge in [-0.15, -0.1) is 5.10 Å². The molecule has 1 atom stereocenters. The number of ether oxygens (including phenoxy) is 1. The number of H-pyrrole nitrogens is 1. The Labute approximate surface area is 108 Å². The van der Waals surface area contributed by atoms with Crippen LogP contribution in [0.25, 0.3) is 0 Å². The summed E-state index contributed by atoms with van der Waals surface area (Å²) in [6.07, 6.45) is 1.86. The molecule has 18 heavy (non-hydrogen) atoms. The van der Waals surface area contributed by atoms with Gasteiger partial charge in [0.25, 0.3) is 0 Å². The van der Waals surface area contributed by atoms with Crippen molar-refractivity contribution in [3.8, 4) is 0 Å². The first kappa shape index (κ1) is 13.3. The predicted octanol–water partition coefficient (Wildman–Crippen LogP) is 0.572. The van der Waals surface area contributed by atoms with E-state index in [1.807, 2.05) is 0 Å². The quantitative estimate of drug-likeness (QED) is 0.726. The number of piperazine rings is 1. The van der Waals surface area contributed by atoms with Crippen LogP contribution in [0.5, 0.6) is 0 Å². The minimum absolute atomic E-state index is 0.494. The molecule has 2 N–H and O–H groups in total. The first-order chi connectivity index (χ1) is 8.79. The number of rotatable bonds is 6. The Balaban J connectivity index is 1.81. The van der Waals surface area contributed by atoms with Crippen LogP contribution in [0.2, 0.25) is 0 Å². The number of anilines is 1. The Hall–Kier alpha value is -1.14. The highest BCUT2D eigenvalue weighted by atomic mass is 16.5. The molecule has 6 heteroatoms. The summed E-state index contributed by atoms with van der Waals surface area (Å²) in [5.74, 6) is 1.72. The van der Waals surface area contributed by atoms with Crippen molar-refractivity contribution >= 4 is 5.95 Å². The number of aromatic nitrogens is 3. The van der Waals surface area contributed by atoms with Gasteiger partial charge in [-0.05, 0) is 13.3 Å². The molecule has 2 rings (SSSR count). The summed E-state index contributed by atoms with van der Waals surface area (Å²) < 4.78 is 5.45. The van der Waals surface area contributed by atoms with Crippen LogP contribution in [0, 0.1) is 0 Å².